The number of hydrogen-bond donors (Lipinski definition) is 7. The third kappa shape index (κ3) is 7.02. The number of nitrogens with one attached hydrogen (secondary N) is 1. The molecule has 1 aliphatic heterocycles. The summed E-state index contributed by atoms with van der Waals surface area (Å²) in [5.41, 5.74) is -5.91. The van der Waals surface area contributed by atoms with Crippen LogP contribution in [0.1, 0.15) is 158 Å². The first-order valence-electron chi connectivity index (χ1n) is 31.0. The van der Waals surface area contributed by atoms with Crippen LogP contribution in [-0.2, 0) is 33.8 Å². The van der Waals surface area contributed by atoms with Gasteiger partial charge in [0, 0.05) is 64.5 Å². The number of aliphatic hydroxyl groups is 6. The highest BCUT2D eigenvalue weighted by atomic mass is 16.5. The minimum atomic E-state index is -2.36. The highest BCUT2D eigenvalue weighted by molar-refractivity contribution is 5.86. The molecule has 0 radical (unpaired) electrons. The fourth-order valence-corrected chi connectivity index (χ4v) is 22.8. The summed E-state index contributed by atoms with van der Waals surface area (Å²) in [5, 5.41) is 87.7. The highest BCUT2D eigenvalue weighted by Gasteiger charge is 2.88. The molecular formula is C68H85NO9. The number of carbonyl (C=O) groups is 2. The maximum absolute atomic E-state index is 15.6. The molecule has 9 fully saturated rings. The van der Waals surface area contributed by atoms with Crippen molar-refractivity contribution in [3.63, 3.8) is 0 Å². The summed E-state index contributed by atoms with van der Waals surface area (Å²) >= 11 is 0. The predicted octanol–water partition coefficient (Wildman–Crippen LogP) is 8.18. The van der Waals surface area contributed by atoms with Crippen LogP contribution in [0.5, 0.6) is 0 Å². The summed E-state index contributed by atoms with van der Waals surface area (Å²) < 4.78 is 6.52. The first kappa shape index (κ1) is 52.2. The Kier molecular flexibility index (Phi) is 12.5. The SMILES string of the molecule is CN[C@@H]1Cc2c(cccc2CO)C#CC2(CCCC2)C[C@]23C[C@H]4C#CC[C@H](Cc5ccccc5)[C@@H]5CC[C@@]6(C5)C[C@]5(C=O)[C@@H]4[C@@](O)([C@H](O)[C@H]4C[C@@H]([C@@H](C)C7CCCC7)CC[C@H]([C@H]6O)[C@@]45O)[C@@]2(O)C[C@@H]2C[C@H]1[C@@H]1OC(=O)C=C1[C@@H]23. The minimum absolute atomic E-state index is 0.0498. The van der Waals surface area contributed by atoms with Crippen LogP contribution in [0.3, 0.4) is 0 Å². The van der Waals surface area contributed by atoms with Crippen molar-refractivity contribution in [3.8, 4) is 23.7 Å². The van der Waals surface area contributed by atoms with Gasteiger partial charge >= 0.3 is 5.97 Å². The Balaban J connectivity index is 1.03. The van der Waals surface area contributed by atoms with Crippen LogP contribution < -0.4 is 5.32 Å². The minimum Gasteiger partial charge on any atom is -0.454 e. The van der Waals surface area contributed by atoms with Crippen molar-refractivity contribution in [2.24, 2.45) is 92.7 Å². The molecule has 7 bridgehead atoms. The number of rotatable bonds is 7. The summed E-state index contributed by atoms with van der Waals surface area (Å²) in [6.45, 7) is 2.20. The van der Waals surface area contributed by atoms with E-state index in [9.17, 15) is 25.2 Å². The van der Waals surface area contributed by atoms with Gasteiger partial charge in [-0.2, -0.15) is 0 Å². The first-order chi connectivity index (χ1) is 37.6. The molecule has 3 spiro atoms. The normalized spacial score (nSPS) is 47.6. The molecule has 1 heterocycles. The second-order valence-corrected chi connectivity index (χ2v) is 28.7. The van der Waals surface area contributed by atoms with Crippen LogP contribution in [0.2, 0.25) is 0 Å². The van der Waals surface area contributed by atoms with Gasteiger partial charge in [-0.25, -0.2) is 4.79 Å². The highest BCUT2D eigenvalue weighted by Crippen LogP contribution is 2.81. The quantitative estimate of drug-likeness (QED) is 0.0814. The molecule has 0 saturated heterocycles. The Hall–Kier alpha value is -3.84. The molecule has 416 valence electrons. The van der Waals surface area contributed by atoms with Crippen LogP contribution in [0.4, 0.5) is 0 Å². The van der Waals surface area contributed by atoms with Crippen molar-refractivity contribution in [2.45, 2.75) is 196 Å². The Morgan fingerprint density at radius 3 is 2.38 bits per heavy atom. The van der Waals surface area contributed by atoms with Gasteiger partial charge in [-0.05, 0) is 179 Å². The number of aliphatic hydroxyl groups excluding tert-OH is 3. The fraction of sp³-hybridized carbons (Fsp3) is 0.706. The molecule has 21 atom stereocenters. The Labute approximate surface area is 462 Å². The van der Waals surface area contributed by atoms with Crippen LogP contribution in [-0.4, -0.2) is 91.1 Å². The molecule has 7 N–H and O–H groups in total. The van der Waals surface area contributed by atoms with Crippen molar-refractivity contribution in [3.05, 3.63) is 82.4 Å². The largest absolute Gasteiger partial charge is 0.454 e. The van der Waals surface area contributed by atoms with Gasteiger partial charge in [-0.1, -0.05) is 106 Å². The van der Waals surface area contributed by atoms with E-state index in [-0.39, 0.29) is 67.4 Å². The summed E-state index contributed by atoms with van der Waals surface area (Å²) in [5.74, 6) is 11.4. The van der Waals surface area contributed by atoms with E-state index in [0.717, 1.165) is 86.3 Å². The summed E-state index contributed by atoms with van der Waals surface area (Å²) in [6.07, 6.45) is 14.7. The molecule has 12 aliphatic carbocycles. The van der Waals surface area contributed by atoms with E-state index in [4.69, 9.17) is 4.74 Å². The molecule has 0 amide bonds. The lowest BCUT2D eigenvalue weighted by Crippen LogP contribution is -2.87. The third-order valence-corrected chi connectivity index (χ3v) is 25.9. The van der Waals surface area contributed by atoms with E-state index in [1.54, 1.807) is 6.08 Å². The van der Waals surface area contributed by atoms with E-state index in [1.165, 1.54) is 18.4 Å². The van der Waals surface area contributed by atoms with E-state index in [2.05, 4.69) is 60.2 Å². The van der Waals surface area contributed by atoms with Crippen molar-refractivity contribution in [1.29, 1.82) is 0 Å². The average molecular weight is 1060 g/mol. The Morgan fingerprint density at radius 2 is 1.63 bits per heavy atom. The number of hydrogen-bond acceptors (Lipinski definition) is 10. The van der Waals surface area contributed by atoms with Crippen LogP contribution in [0.15, 0.2) is 60.2 Å². The maximum Gasteiger partial charge on any atom is 0.331 e. The van der Waals surface area contributed by atoms with Crippen molar-refractivity contribution in [2.75, 3.05) is 7.05 Å². The number of carbonyl (C=O) groups excluding carboxylic acids is 2. The molecule has 13 aliphatic rings. The van der Waals surface area contributed by atoms with Crippen LogP contribution >= 0.6 is 0 Å². The number of esters is 1. The molecule has 0 unspecified atom stereocenters. The topological polar surface area (TPSA) is 177 Å². The van der Waals surface area contributed by atoms with Gasteiger partial charge in [-0.15, -0.1) is 5.92 Å². The van der Waals surface area contributed by atoms with Gasteiger partial charge in [0.05, 0.1) is 29.8 Å². The van der Waals surface area contributed by atoms with E-state index < -0.39 is 92.3 Å². The van der Waals surface area contributed by atoms with E-state index in [0.29, 0.717) is 57.3 Å². The van der Waals surface area contributed by atoms with Crippen LogP contribution in [0, 0.1) is 116 Å². The van der Waals surface area contributed by atoms with Gasteiger partial charge in [0.2, 0.25) is 0 Å². The lowest BCUT2D eigenvalue weighted by Gasteiger charge is -2.75. The Bertz CT molecular complexity index is 2890. The Morgan fingerprint density at radius 1 is 0.833 bits per heavy atom. The molecule has 10 heteroatoms. The summed E-state index contributed by atoms with van der Waals surface area (Å²) in [6, 6.07) is 16.4. The predicted molar refractivity (Wildman–Crippen MR) is 294 cm³/mol. The lowest BCUT2D eigenvalue weighted by atomic mass is 9.31. The molecule has 78 heavy (non-hydrogen) atoms. The number of likely N-dealkylation sites (N-methyl/N-ethyl adjacent to an activating group) is 1. The summed E-state index contributed by atoms with van der Waals surface area (Å²) in [4.78, 5) is 29.8. The van der Waals surface area contributed by atoms with Crippen molar-refractivity contribution >= 4 is 12.3 Å². The van der Waals surface area contributed by atoms with E-state index >= 15 is 15.0 Å². The molecule has 2 aromatic carbocycles. The third-order valence-electron chi connectivity index (χ3n) is 25.9. The van der Waals surface area contributed by atoms with Crippen molar-refractivity contribution < 1.29 is 45.0 Å². The van der Waals surface area contributed by atoms with Gasteiger partial charge in [0.25, 0.3) is 0 Å². The van der Waals surface area contributed by atoms with Crippen LogP contribution in [0.25, 0.3) is 0 Å². The molecule has 9 saturated carbocycles. The first-order valence-corrected chi connectivity index (χ1v) is 31.0. The van der Waals surface area contributed by atoms with Crippen molar-refractivity contribution in [1.82, 2.24) is 5.32 Å². The van der Waals surface area contributed by atoms with Gasteiger partial charge < -0.3 is 45.5 Å². The monoisotopic (exact) mass is 1060 g/mol. The maximum atomic E-state index is 15.6. The second-order valence-electron chi connectivity index (χ2n) is 28.7. The zero-order valence-corrected chi connectivity index (χ0v) is 46.2. The number of aldehydes is 1. The molecule has 10 nitrogen and oxygen atoms in total. The van der Waals surface area contributed by atoms with Gasteiger partial charge in [0.1, 0.15) is 23.6 Å². The summed E-state index contributed by atoms with van der Waals surface area (Å²) in [7, 11) is 1.94. The van der Waals surface area contributed by atoms with E-state index in [1.807, 2.05) is 31.3 Å². The number of fused-ring (bicyclic) bond motifs is 3. The standard InChI is InChI=1S/C68H85NO9/c1-40(42-14-6-7-15-42)44-20-21-53-60(73)63-27-23-46(33-63)45(28-41-12-4-3-5-13-41)17-11-18-47-34-64-37-62(24-8-9-25-62)26-22-43-16-10-19-48(36-70)50(43)31-55(69-2)51-29-49(57(64)52-32-56(72)78-58(51)52)35-66(64,75)68(77)59(47)65(38-63,39-71)67(53,76)54(30-44)61(68)74/h3-5,10,12-13,16,19,32,39-40,42,44-47,49,51,53-55,57-61,69-70,73-77H,6-9,14-15,17,20-21,23-25,27-31,33-38H2,1-2H3/t40-,44-,45+,46+,47+,49-,51+,53+,54+,55+,57+,58-,59+,60+,61+,63+,64-,65-,66+,67+,68+/m0/s1. The second kappa shape index (κ2) is 18.6. The average Bonchev–Trinajstić information content (AvgIpc) is 1.44. The molecule has 0 aromatic heterocycles. The molecular weight excluding hydrogens is 975 g/mol. The zero-order valence-electron chi connectivity index (χ0n) is 46.2. The molecule has 2 aromatic rings. The number of ether oxygens (including phenoxy) is 1. The van der Waals surface area contributed by atoms with Gasteiger partial charge in [0.15, 0.2) is 0 Å². The smallest absolute Gasteiger partial charge is 0.331 e. The molecule has 15 rings (SSSR count). The zero-order chi connectivity index (χ0) is 53.8. The lowest BCUT2D eigenvalue weighted by molar-refractivity contribution is -0.391. The number of benzene rings is 2. The fourth-order valence-electron chi connectivity index (χ4n) is 22.8. The van der Waals surface area contributed by atoms with Gasteiger partial charge in [-0.3, -0.25) is 0 Å².